The minimum absolute atomic E-state index is 0.189. The van der Waals surface area contributed by atoms with Crippen molar-refractivity contribution in [1.29, 1.82) is 0 Å². The number of amides is 3. The molecule has 7 heteroatoms. The number of nitrogens with zero attached hydrogens (tertiary/aromatic N) is 1. The van der Waals surface area contributed by atoms with Crippen molar-refractivity contribution < 1.29 is 19.1 Å². The predicted octanol–water partition coefficient (Wildman–Crippen LogP) is 2.65. The summed E-state index contributed by atoms with van der Waals surface area (Å²) in [6.07, 6.45) is 4.91. The van der Waals surface area contributed by atoms with Crippen LogP contribution in [0.2, 0.25) is 0 Å². The number of urea groups is 1. The average Bonchev–Trinajstić information content (AvgIpc) is 3.02. The van der Waals surface area contributed by atoms with Crippen LogP contribution in [0.15, 0.2) is 24.3 Å². The smallest absolute Gasteiger partial charge is 0.414 e. The van der Waals surface area contributed by atoms with Crippen molar-refractivity contribution in [1.82, 2.24) is 10.6 Å². The lowest BCUT2D eigenvalue weighted by molar-refractivity contribution is 0.140. The summed E-state index contributed by atoms with van der Waals surface area (Å²) in [4.78, 5) is 25.6. The van der Waals surface area contributed by atoms with Crippen LogP contribution in [-0.2, 0) is 4.74 Å². The second-order valence-corrected chi connectivity index (χ2v) is 6.50. The summed E-state index contributed by atoms with van der Waals surface area (Å²) in [5.74, 6) is 0.730. The zero-order valence-electron chi connectivity index (χ0n) is 14.5. The Kier molecular flexibility index (Phi) is 5.63. The van der Waals surface area contributed by atoms with Crippen LogP contribution in [0.3, 0.4) is 0 Å². The first-order valence-electron chi connectivity index (χ1n) is 8.82. The Balaban J connectivity index is 1.46. The normalized spacial score (nSPS) is 20.9. The molecule has 1 aromatic carbocycles. The van der Waals surface area contributed by atoms with Crippen molar-refractivity contribution in [3.05, 3.63) is 24.3 Å². The number of anilines is 1. The van der Waals surface area contributed by atoms with E-state index >= 15 is 0 Å². The molecule has 7 nitrogen and oxygen atoms in total. The molecule has 1 saturated carbocycles. The maximum atomic E-state index is 12.0. The van der Waals surface area contributed by atoms with E-state index in [9.17, 15) is 9.59 Å². The third-order valence-corrected chi connectivity index (χ3v) is 4.69. The van der Waals surface area contributed by atoms with E-state index in [0.717, 1.165) is 24.3 Å². The number of cyclic esters (lactones) is 1. The fourth-order valence-electron chi connectivity index (χ4n) is 3.29. The van der Waals surface area contributed by atoms with Crippen LogP contribution >= 0.6 is 0 Å². The van der Waals surface area contributed by atoms with E-state index in [-0.39, 0.29) is 18.2 Å². The molecule has 136 valence electrons. The van der Waals surface area contributed by atoms with Crippen molar-refractivity contribution >= 4 is 17.8 Å². The Morgan fingerprint density at radius 2 is 1.96 bits per heavy atom. The molecule has 3 amide bonds. The van der Waals surface area contributed by atoms with Gasteiger partial charge in [-0.2, -0.15) is 0 Å². The molecule has 0 spiro atoms. The molecular weight excluding hydrogens is 322 g/mol. The molecule has 2 aliphatic rings. The first-order chi connectivity index (χ1) is 12.2. The number of benzene rings is 1. The van der Waals surface area contributed by atoms with Crippen LogP contribution < -0.4 is 20.3 Å². The van der Waals surface area contributed by atoms with Gasteiger partial charge in [0.15, 0.2) is 0 Å². The van der Waals surface area contributed by atoms with Crippen LogP contribution in [-0.4, -0.2) is 44.5 Å². The summed E-state index contributed by atoms with van der Waals surface area (Å²) in [5.41, 5.74) is 0.750. The molecule has 25 heavy (non-hydrogen) atoms. The van der Waals surface area contributed by atoms with Gasteiger partial charge in [0.1, 0.15) is 11.9 Å². The van der Waals surface area contributed by atoms with E-state index in [1.54, 1.807) is 24.1 Å². The fourth-order valence-corrected chi connectivity index (χ4v) is 3.29. The van der Waals surface area contributed by atoms with Gasteiger partial charge >= 0.3 is 12.1 Å². The number of carbonyl (C=O) groups is 2. The van der Waals surface area contributed by atoms with Gasteiger partial charge in [-0.1, -0.05) is 19.3 Å². The number of methoxy groups -OCH3 is 1. The standard InChI is InChI=1S/C18H25N3O4/c1-24-15-9-7-14(8-10-15)21-12-16(25-18(21)23)11-19-17(22)20-13-5-3-2-4-6-13/h7-10,13,16H,2-6,11-12H2,1H3,(H2,19,20,22). The molecule has 1 aliphatic carbocycles. The van der Waals surface area contributed by atoms with Crippen LogP contribution in [0, 0.1) is 0 Å². The Labute approximate surface area is 147 Å². The minimum Gasteiger partial charge on any atom is -0.497 e. The second-order valence-electron chi connectivity index (χ2n) is 6.50. The van der Waals surface area contributed by atoms with Gasteiger partial charge in [-0.05, 0) is 37.1 Å². The number of hydrogen-bond acceptors (Lipinski definition) is 4. The Hall–Kier alpha value is -2.44. The quantitative estimate of drug-likeness (QED) is 0.858. The lowest BCUT2D eigenvalue weighted by Gasteiger charge is -2.23. The van der Waals surface area contributed by atoms with Crippen molar-refractivity contribution in [2.75, 3.05) is 25.1 Å². The molecule has 1 aliphatic heterocycles. The molecule has 2 fully saturated rings. The van der Waals surface area contributed by atoms with Gasteiger partial charge in [-0.25, -0.2) is 9.59 Å². The molecule has 3 rings (SSSR count). The first kappa shape index (κ1) is 17.4. The van der Waals surface area contributed by atoms with E-state index in [1.807, 2.05) is 12.1 Å². The number of rotatable bonds is 5. The van der Waals surface area contributed by atoms with Gasteiger partial charge in [-0.15, -0.1) is 0 Å². The molecule has 1 aromatic rings. The van der Waals surface area contributed by atoms with E-state index in [0.29, 0.717) is 13.1 Å². The number of nitrogens with one attached hydrogen (secondary N) is 2. The summed E-state index contributed by atoms with van der Waals surface area (Å²) in [7, 11) is 1.60. The SMILES string of the molecule is COc1ccc(N2CC(CNC(=O)NC3CCCCC3)OC2=O)cc1. The van der Waals surface area contributed by atoms with Crippen LogP contribution in [0.5, 0.6) is 5.75 Å². The van der Waals surface area contributed by atoms with Crippen molar-refractivity contribution in [3.63, 3.8) is 0 Å². The Morgan fingerprint density at radius 1 is 1.24 bits per heavy atom. The van der Waals surface area contributed by atoms with Crippen LogP contribution in [0.25, 0.3) is 0 Å². The molecule has 2 N–H and O–H groups in total. The maximum absolute atomic E-state index is 12.0. The number of ether oxygens (including phenoxy) is 2. The third kappa shape index (κ3) is 4.55. The van der Waals surface area contributed by atoms with E-state index in [1.165, 1.54) is 19.3 Å². The van der Waals surface area contributed by atoms with Gasteiger partial charge in [0.25, 0.3) is 0 Å². The van der Waals surface area contributed by atoms with Gasteiger partial charge < -0.3 is 20.1 Å². The van der Waals surface area contributed by atoms with Crippen molar-refractivity contribution in [2.24, 2.45) is 0 Å². The highest BCUT2D eigenvalue weighted by Gasteiger charge is 2.32. The van der Waals surface area contributed by atoms with E-state index in [4.69, 9.17) is 9.47 Å². The largest absolute Gasteiger partial charge is 0.497 e. The number of carbonyl (C=O) groups excluding carboxylic acids is 2. The zero-order chi connectivity index (χ0) is 17.6. The maximum Gasteiger partial charge on any atom is 0.414 e. The topological polar surface area (TPSA) is 79.9 Å². The summed E-state index contributed by atoms with van der Waals surface area (Å²) in [6, 6.07) is 7.29. The fraction of sp³-hybridized carbons (Fsp3) is 0.556. The Bertz CT molecular complexity index is 599. The van der Waals surface area contributed by atoms with Gasteiger partial charge in [0, 0.05) is 11.7 Å². The highest BCUT2D eigenvalue weighted by Crippen LogP contribution is 2.24. The second kappa shape index (κ2) is 8.09. The molecule has 0 bridgehead atoms. The summed E-state index contributed by atoms with van der Waals surface area (Å²) >= 11 is 0. The Morgan fingerprint density at radius 3 is 2.64 bits per heavy atom. The van der Waals surface area contributed by atoms with Crippen molar-refractivity contribution in [3.8, 4) is 5.75 Å². The highest BCUT2D eigenvalue weighted by atomic mass is 16.6. The molecule has 1 heterocycles. The van der Waals surface area contributed by atoms with Crippen LogP contribution in [0.4, 0.5) is 15.3 Å². The first-order valence-corrected chi connectivity index (χ1v) is 8.82. The molecule has 1 atom stereocenters. The van der Waals surface area contributed by atoms with Crippen molar-refractivity contribution in [2.45, 2.75) is 44.2 Å². The monoisotopic (exact) mass is 347 g/mol. The highest BCUT2D eigenvalue weighted by molar-refractivity contribution is 5.89. The predicted molar refractivity (Wildman–Crippen MR) is 94.0 cm³/mol. The molecule has 1 saturated heterocycles. The third-order valence-electron chi connectivity index (χ3n) is 4.69. The van der Waals surface area contributed by atoms with Gasteiger partial charge in [0.2, 0.25) is 0 Å². The number of hydrogen-bond donors (Lipinski definition) is 2. The van der Waals surface area contributed by atoms with Gasteiger partial charge in [0.05, 0.1) is 20.2 Å². The van der Waals surface area contributed by atoms with Gasteiger partial charge in [-0.3, -0.25) is 4.90 Å². The summed E-state index contributed by atoms with van der Waals surface area (Å²) in [6.45, 7) is 0.714. The molecule has 0 aromatic heterocycles. The van der Waals surface area contributed by atoms with Crippen LogP contribution in [0.1, 0.15) is 32.1 Å². The average molecular weight is 347 g/mol. The summed E-state index contributed by atoms with van der Waals surface area (Å²) in [5, 5.41) is 5.80. The lowest BCUT2D eigenvalue weighted by Crippen LogP contribution is -2.45. The molecule has 1 unspecified atom stereocenters. The minimum atomic E-state index is -0.398. The molecular formula is C18H25N3O4. The summed E-state index contributed by atoms with van der Waals surface area (Å²) < 4.78 is 10.5. The van der Waals surface area contributed by atoms with E-state index in [2.05, 4.69) is 10.6 Å². The lowest BCUT2D eigenvalue weighted by atomic mass is 9.96. The molecule has 0 radical (unpaired) electrons. The zero-order valence-corrected chi connectivity index (χ0v) is 14.5. The van der Waals surface area contributed by atoms with E-state index < -0.39 is 6.09 Å².